The molecule has 0 amide bonds. The number of ether oxygens (including phenoxy) is 1. The third-order valence-corrected chi connectivity index (χ3v) is 1.74. The summed E-state index contributed by atoms with van der Waals surface area (Å²) in [4.78, 5) is 15.4. The topological polar surface area (TPSA) is 39.2 Å². The third kappa shape index (κ3) is 3.06. The van der Waals surface area contributed by atoms with Crippen molar-refractivity contribution in [2.45, 2.75) is 13.3 Å². The summed E-state index contributed by atoms with van der Waals surface area (Å²) in [7, 11) is 0. The van der Waals surface area contributed by atoms with Crippen LogP contribution in [0.25, 0.3) is 0 Å². The minimum absolute atomic E-state index is 0.364. The molecular weight excluding hydrogens is 190 g/mol. The molecule has 0 aliphatic heterocycles. The summed E-state index contributed by atoms with van der Waals surface area (Å²) < 4.78 is 5.11. The van der Waals surface area contributed by atoms with E-state index >= 15 is 0 Å². The van der Waals surface area contributed by atoms with E-state index < -0.39 is 5.97 Å². The summed E-state index contributed by atoms with van der Waals surface area (Å²) in [5.74, 6) is 0.0266. The molecular formula is C12H13NO2. The van der Waals surface area contributed by atoms with Crippen LogP contribution in [0.3, 0.4) is 0 Å². The van der Waals surface area contributed by atoms with Gasteiger partial charge in [-0.1, -0.05) is 12.7 Å². The molecule has 0 fully saturated rings. The quantitative estimate of drug-likeness (QED) is 0.428. The van der Waals surface area contributed by atoms with Crippen LogP contribution in [0, 0.1) is 0 Å². The minimum atomic E-state index is -0.437. The molecule has 3 heteroatoms. The molecule has 0 atom stereocenters. The molecule has 0 saturated heterocycles. The van der Waals surface area contributed by atoms with Crippen LogP contribution < -0.4 is 4.74 Å². The van der Waals surface area contributed by atoms with Gasteiger partial charge in [0.1, 0.15) is 0 Å². The molecule has 1 aromatic rings. The van der Waals surface area contributed by atoms with Crippen molar-refractivity contribution < 1.29 is 9.53 Å². The van der Waals surface area contributed by atoms with Gasteiger partial charge in [-0.05, 0) is 19.1 Å². The Kier molecular flexibility index (Phi) is 3.80. The van der Waals surface area contributed by atoms with Gasteiger partial charge in [0, 0.05) is 18.2 Å². The van der Waals surface area contributed by atoms with E-state index in [9.17, 15) is 4.79 Å². The number of hydrogen-bond donors (Lipinski definition) is 0. The summed E-state index contributed by atoms with van der Waals surface area (Å²) in [5.41, 5.74) is 1.06. The minimum Gasteiger partial charge on any atom is -0.421 e. The lowest BCUT2D eigenvalue weighted by Crippen LogP contribution is -2.10. The van der Waals surface area contributed by atoms with Crippen molar-refractivity contribution in [3.63, 3.8) is 0 Å². The van der Waals surface area contributed by atoms with Gasteiger partial charge in [-0.3, -0.25) is 4.98 Å². The largest absolute Gasteiger partial charge is 0.421 e. The molecule has 1 heterocycles. The Morgan fingerprint density at radius 3 is 3.00 bits per heavy atom. The molecule has 0 aliphatic carbocycles. The number of pyridine rings is 1. The highest BCUT2D eigenvalue weighted by Crippen LogP contribution is 2.17. The van der Waals surface area contributed by atoms with Crippen molar-refractivity contribution in [2.24, 2.45) is 0 Å². The maximum absolute atomic E-state index is 11.3. The molecule has 15 heavy (non-hydrogen) atoms. The molecule has 0 N–H and O–H groups in total. The van der Waals surface area contributed by atoms with Crippen molar-refractivity contribution >= 4 is 5.97 Å². The molecule has 0 unspecified atom stereocenters. The highest BCUT2D eigenvalue weighted by Gasteiger charge is 2.09. The van der Waals surface area contributed by atoms with Crippen LogP contribution in [0.2, 0.25) is 0 Å². The standard InChI is InChI=1S/C12H13NO2/c1-4-6-10-11(7-5-8-13-10)15-12(14)9(2)3/h4-5,7-8H,1-2,6H2,3H3. The first kappa shape index (κ1) is 11.2. The Morgan fingerprint density at radius 1 is 1.67 bits per heavy atom. The lowest BCUT2D eigenvalue weighted by molar-refractivity contribution is -0.130. The van der Waals surface area contributed by atoms with Gasteiger partial charge in [0.25, 0.3) is 0 Å². The van der Waals surface area contributed by atoms with Crippen molar-refractivity contribution in [1.82, 2.24) is 4.98 Å². The molecule has 1 rings (SSSR count). The van der Waals surface area contributed by atoms with Crippen molar-refractivity contribution in [3.8, 4) is 5.75 Å². The normalized spacial score (nSPS) is 9.40. The van der Waals surface area contributed by atoms with Gasteiger partial charge in [-0.2, -0.15) is 0 Å². The molecule has 78 valence electrons. The fourth-order valence-corrected chi connectivity index (χ4v) is 0.993. The van der Waals surface area contributed by atoms with Crippen LogP contribution in [0.4, 0.5) is 0 Å². The summed E-state index contributed by atoms with van der Waals surface area (Å²) in [6.07, 6.45) is 3.93. The second kappa shape index (κ2) is 5.10. The maximum atomic E-state index is 11.3. The molecule has 0 saturated carbocycles. The van der Waals surface area contributed by atoms with E-state index in [4.69, 9.17) is 4.74 Å². The van der Waals surface area contributed by atoms with Crippen LogP contribution in [0.1, 0.15) is 12.6 Å². The number of carbonyl (C=O) groups excluding carboxylic acids is 1. The second-order valence-corrected chi connectivity index (χ2v) is 3.11. The summed E-state index contributed by atoms with van der Waals surface area (Å²) in [5, 5.41) is 0. The Bertz CT molecular complexity index is 396. The maximum Gasteiger partial charge on any atom is 0.338 e. The number of hydrogen-bond acceptors (Lipinski definition) is 3. The smallest absolute Gasteiger partial charge is 0.338 e. The number of aromatic nitrogens is 1. The zero-order chi connectivity index (χ0) is 11.3. The first-order valence-corrected chi connectivity index (χ1v) is 4.57. The molecule has 0 radical (unpaired) electrons. The van der Waals surface area contributed by atoms with Crippen LogP contribution in [-0.4, -0.2) is 11.0 Å². The Hall–Kier alpha value is -1.90. The van der Waals surface area contributed by atoms with Crippen molar-refractivity contribution in [3.05, 3.63) is 48.8 Å². The number of esters is 1. The van der Waals surface area contributed by atoms with Gasteiger partial charge in [-0.25, -0.2) is 4.79 Å². The van der Waals surface area contributed by atoms with Gasteiger partial charge in [0.05, 0.1) is 5.69 Å². The Balaban J connectivity index is 2.88. The molecule has 0 aromatic carbocycles. The predicted octanol–water partition coefficient (Wildman–Crippen LogP) is 2.29. The Labute approximate surface area is 89.1 Å². The first-order valence-electron chi connectivity index (χ1n) is 4.57. The van der Waals surface area contributed by atoms with Crippen molar-refractivity contribution in [2.75, 3.05) is 0 Å². The average molecular weight is 203 g/mol. The van der Waals surface area contributed by atoms with E-state index in [-0.39, 0.29) is 0 Å². The van der Waals surface area contributed by atoms with E-state index in [1.165, 1.54) is 0 Å². The number of carbonyl (C=O) groups is 1. The SMILES string of the molecule is C=CCc1ncccc1OC(=O)C(=C)C. The first-order chi connectivity index (χ1) is 7.15. The lowest BCUT2D eigenvalue weighted by atomic mass is 10.2. The third-order valence-electron chi connectivity index (χ3n) is 1.74. The number of allylic oxidation sites excluding steroid dienone is 1. The van der Waals surface area contributed by atoms with E-state index in [1.54, 1.807) is 31.3 Å². The van der Waals surface area contributed by atoms with Gasteiger partial charge >= 0.3 is 5.97 Å². The zero-order valence-corrected chi connectivity index (χ0v) is 8.69. The monoisotopic (exact) mass is 203 g/mol. The molecule has 0 aliphatic rings. The Morgan fingerprint density at radius 2 is 2.40 bits per heavy atom. The van der Waals surface area contributed by atoms with Crippen LogP contribution in [0.15, 0.2) is 43.1 Å². The van der Waals surface area contributed by atoms with E-state index in [0.717, 1.165) is 0 Å². The molecule has 3 nitrogen and oxygen atoms in total. The summed E-state index contributed by atoms with van der Waals surface area (Å²) >= 11 is 0. The number of nitrogens with zero attached hydrogens (tertiary/aromatic N) is 1. The van der Waals surface area contributed by atoms with Crippen molar-refractivity contribution in [1.29, 1.82) is 0 Å². The molecule has 0 spiro atoms. The van der Waals surface area contributed by atoms with Gasteiger partial charge < -0.3 is 4.74 Å². The van der Waals surface area contributed by atoms with Crippen LogP contribution >= 0.6 is 0 Å². The van der Waals surface area contributed by atoms with E-state index in [2.05, 4.69) is 18.1 Å². The van der Waals surface area contributed by atoms with Gasteiger partial charge in [-0.15, -0.1) is 6.58 Å². The summed E-state index contributed by atoms with van der Waals surface area (Å²) in [6.45, 7) is 8.73. The van der Waals surface area contributed by atoms with Crippen LogP contribution in [-0.2, 0) is 11.2 Å². The highest BCUT2D eigenvalue weighted by atomic mass is 16.5. The van der Waals surface area contributed by atoms with E-state index in [1.807, 2.05) is 0 Å². The predicted molar refractivity (Wildman–Crippen MR) is 58.6 cm³/mol. The highest BCUT2D eigenvalue weighted by molar-refractivity contribution is 5.88. The lowest BCUT2D eigenvalue weighted by Gasteiger charge is -2.06. The fraction of sp³-hybridized carbons (Fsp3) is 0.167. The van der Waals surface area contributed by atoms with Gasteiger partial charge in [0.15, 0.2) is 5.75 Å². The van der Waals surface area contributed by atoms with Crippen LogP contribution in [0.5, 0.6) is 5.75 Å². The molecule has 0 bridgehead atoms. The van der Waals surface area contributed by atoms with E-state index in [0.29, 0.717) is 23.4 Å². The second-order valence-electron chi connectivity index (χ2n) is 3.11. The summed E-state index contributed by atoms with van der Waals surface area (Å²) in [6, 6.07) is 3.42. The average Bonchev–Trinajstić information content (AvgIpc) is 2.21. The van der Waals surface area contributed by atoms with Gasteiger partial charge in [0.2, 0.25) is 0 Å². The number of rotatable bonds is 4. The molecule has 1 aromatic heterocycles. The zero-order valence-electron chi connectivity index (χ0n) is 8.69. The fourth-order valence-electron chi connectivity index (χ4n) is 0.993.